The van der Waals surface area contributed by atoms with Crippen LogP contribution in [0.1, 0.15) is 26.2 Å². The van der Waals surface area contributed by atoms with Crippen LogP contribution in [0.4, 0.5) is 0 Å². The second-order valence-corrected chi connectivity index (χ2v) is 5.54. The summed E-state index contributed by atoms with van der Waals surface area (Å²) in [4.78, 5) is 11.8. The molecule has 1 aromatic carbocycles. The van der Waals surface area contributed by atoms with E-state index in [1.54, 1.807) is 0 Å². The van der Waals surface area contributed by atoms with E-state index < -0.39 is 0 Å². The van der Waals surface area contributed by atoms with E-state index in [1.807, 2.05) is 31.2 Å². The van der Waals surface area contributed by atoms with Crippen molar-refractivity contribution in [3.05, 3.63) is 24.3 Å². The predicted molar refractivity (Wildman–Crippen MR) is 93.6 cm³/mol. The number of benzene rings is 1. The first-order valence-electron chi connectivity index (χ1n) is 8.11. The Labute approximate surface area is 144 Å². The maximum absolute atomic E-state index is 11.8. The topological polar surface area (TPSA) is 59.6 Å². The van der Waals surface area contributed by atoms with E-state index in [0.717, 1.165) is 31.8 Å². The van der Waals surface area contributed by atoms with E-state index >= 15 is 0 Å². The fourth-order valence-corrected chi connectivity index (χ4v) is 2.58. The van der Waals surface area contributed by atoms with Crippen LogP contribution in [0.25, 0.3) is 0 Å². The van der Waals surface area contributed by atoms with Gasteiger partial charge in [-0.05, 0) is 69.5 Å². The minimum Gasteiger partial charge on any atom is -0.494 e. The fraction of sp³-hybridized carbons (Fsp3) is 0.588. The van der Waals surface area contributed by atoms with Crippen LogP contribution in [0.5, 0.6) is 11.5 Å². The normalized spacial score (nSPS) is 17.0. The lowest BCUT2D eigenvalue weighted by atomic mass is 9.96. The number of rotatable bonds is 8. The molecule has 1 aromatic rings. The molecule has 0 radical (unpaired) electrons. The molecule has 1 unspecified atom stereocenters. The van der Waals surface area contributed by atoms with Crippen LogP contribution in [0.2, 0.25) is 0 Å². The smallest absolute Gasteiger partial charge is 0.257 e. The number of amides is 1. The van der Waals surface area contributed by atoms with Crippen molar-refractivity contribution in [3.63, 3.8) is 0 Å². The summed E-state index contributed by atoms with van der Waals surface area (Å²) in [7, 11) is 0. The van der Waals surface area contributed by atoms with Gasteiger partial charge >= 0.3 is 0 Å². The molecule has 23 heavy (non-hydrogen) atoms. The molecule has 0 saturated carbocycles. The van der Waals surface area contributed by atoms with Crippen molar-refractivity contribution in [1.29, 1.82) is 0 Å². The molecule has 2 N–H and O–H groups in total. The van der Waals surface area contributed by atoms with Crippen LogP contribution in [-0.2, 0) is 4.79 Å². The van der Waals surface area contributed by atoms with E-state index in [-0.39, 0.29) is 24.9 Å². The van der Waals surface area contributed by atoms with Gasteiger partial charge in [-0.2, -0.15) is 0 Å². The first kappa shape index (κ1) is 19.6. The summed E-state index contributed by atoms with van der Waals surface area (Å²) < 4.78 is 10.8. The number of piperidine rings is 1. The molecule has 1 fully saturated rings. The van der Waals surface area contributed by atoms with Gasteiger partial charge in [-0.3, -0.25) is 4.79 Å². The van der Waals surface area contributed by atoms with Crippen LogP contribution in [0, 0.1) is 5.92 Å². The predicted octanol–water partition coefficient (Wildman–Crippen LogP) is 2.39. The Bertz CT molecular complexity index is 448. The second kappa shape index (κ2) is 11.1. The molecule has 1 aliphatic heterocycles. The number of hydrogen-bond acceptors (Lipinski definition) is 4. The highest BCUT2D eigenvalue weighted by Gasteiger charge is 2.12. The fourth-order valence-electron chi connectivity index (χ4n) is 2.58. The number of carbonyl (C=O) groups excluding carboxylic acids is 1. The van der Waals surface area contributed by atoms with Gasteiger partial charge in [-0.1, -0.05) is 0 Å². The monoisotopic (exact) mass is 342 g/mol. The van der Waals surface area contributed by atoms with Gasteiger partial charge in [-0.15, -0.1) is 12.4 Å². The highest BCUT2D eigenvalue weighted by Crippen LogP contribution is 2.17. The molecule has 5 nitrogen and oxygen atoms in total. The summed E-state index contributed by atoms with van der Waals surface area (Å²) in [5.41, 5.74) is 0. The van der Waals surface area contributed by atoms with Crippen molar-refractivity contribution >= 4 is 18.3 Å². The lowest BCUT2D eigenvalue weighted by Crippen LogP contribution is -2.34. The molecule has 1 amide bonds. The Morgan fingerprint density at radius 2 is 1.96 bits per heavy atom. The van der Waals surface area contributed by atoms with E-state index in [4.69, 9.17) is 9.47 Å². The average molecular weight is 343 g/mol. The zero-order valence-electron chi connectivity index (χ0n) is 13.7. The van der Waals surface area contributed by atoms with Gasteiger partial charge in [0.1, 0.15) is 11.5 Å². The van der Waals surface area contributed by atoms with E-state index in [1.165, 1.54) is 12.8 Å². The number of halogens is 1. The van der Waals surface area contributed by atoms with Crippen LogP contribution < -0.4 is 20.1 Å². The molecule has 0 spiro atoms. The van der Waals surface area contributed by atoms with Crippen LogP contribution in [0.3, 0.4) is 0 Å². The molecular formula is C17H27ClN2O3. The zero-order chi connectivity index (χ0) is 15.6. The SMILES string of the molecule is CCOc1ccc(OCC(=O)NCCC2CCCNC2)cc1.Cl. The van der Waals surface area contributed by atoms with E-state index in [9.17, 15) is 4.79 Å². The molecule has 0 bridgehead atoms. The molecule has 1 atom stereocenters. The summed E-state index contributed by atoms with van der Waals surface area (Å²) in [6.07, 6.45) is 3.52. The van der Waals surface area contributed by atoms with Crippen molar-refractivity contribution in [3.8, 4) is 11.5 Å². The minimum absolute atomic E-state index is 0. The third-order valence-electron chi connectivity index (χ3n) is 3.78. The van der Waals surface area contributed by atoms with Gasteiger partial charge in [0.2, 0.25) is 0 Å². The second-order valence-electron chi connectivity index (χ2n) is 5.54. The van der Waals surface area contributed by atoms with Crippen molar-refractivity contribution in [2.45, 2.75) is 26.2 Å². The zero-order valence-corrected chi connectivity index (χ0v) is 14.5. The van der Waals surface area contributed by atoms with Gasteiger partial charge < -0.3 is 20.1 Å². The number of nitrogens with one attached hydrogen (secondary N) is 2. The van der Waals surface area contributed by atoms with Crippen LogP contribution >= 0.6 is 12.4 Å². The van der Waals surface area contributed by atoms with Crippen molar-refractivity contribution < 1.29 is 14.3 Å². The quantitative estimate of drug-likeness (QED) is 0.761. The third kappa shape index (κ3) is 7.57. The van der Waals surface area contributed by atoms with Gasteiger partial charge in [-0.25, -0.2) is 0 Å². The highest BCUT2D eigenvalue weighted by molar-refractivity contribution is 5.85. The number of carbonyl (C=O) groups is 1. The van der Waals surface area contributed by atoms with Gasteiger partial charge in [0.25, 0.3) is 5.91 Å². The standard InChI is InChI=1S/C17H26N2O3.ClH/c1-2-21-15-5-7-16(8-6-15)22-13-17(20)19-11-9-14-4-3-10-18-12-14;/h5-8,14,18H,2-4,9-13H2,1H3,(H,19,20);1H. The lowest BCUT2D eigenvalue weighted by molar-refractivity contribution is -0.123. The highest BCUT2D eigenvalue weighted by atomic mass is 35.5. The molecule has 1 saturated heterocycles. The molecule has 130 valence electrons. The first-order valence-corrected chi connectivity index (χ1v) is 8.11. The maximum atomic E-state index is 11.8. The summed E-state index contributed by atoms with van der Waals surface area (Å²) >= 11 is 0. The molecular weight excluding hydrogens is 316 g/mol. The van der Waals surface area contributed by atoms with E-state index in [0.29, 0.717) is 18.3 Å². The minimum atomic E-state index is -0.0716. The van der Waals surface area contributed by atoms with Crippen molar-refractivity contribution in [2.75, 3.05) is 32.8 Å². The Morgan fingerprint density at radius 3 is 2.57 bits per heavy atom. The van der Waals surface area contributed by atoms with E-state index in [2.05, 4.69) is 10.6 Å². The molecule has 1 aliphatic rings. The van der Waals surface area contributed by atoms with Gasteiger partial charge in [0, 0.05) is 6.54 Å². The molecule has 0 aliphatic carbocycles. The summed E-state index contributed by atoms with van der Waals surface area (Å²) in [5, 5.41) is 6.30. The third-order valence-corrected chi connectivity index (χ3v) is 3.78. The Kier molecular flexibility index (Phi) is 9.48. The maximum Gasteiger partial charge on any atom is 0.257 e. The largest absolute Gasteiger partial charge is 0.494 e. The molecule has 1 heterocycles. The average Bonchev–Trinajstić information content (AvgIpc) is 2.55. The Hall–Kier alpha value is -1.46. The number of ether oxygens (including phenoxy) is 2. The molecule has 0 aromatic heterocycles. The van der Waals surface area contributed by atoms with Crippen LogP contribution in [0.15, 0.2) is 24.3 Å². The van der Waals surface area contributed by atoms with Gasteiger partial charge in [0.05, 0.1) is 6.61 Å². The summed E-state index contributed by atoms with van der Waals surface area (Å²) in [5.74, 6) is 2.09. The first-order chi connectivity index (χ1) is 10.8. The summed E-state index contributed by atoms with van der Waals surface area (Å²) in [6, 6.07) is 7.30. The van der Waals surface area contributed by atoms with Crippen LogP contribution in [-0.4, -0.2) is 38.8 Å². The van der Waals surface area contributed by atoms with Crippen molar-refractivity contribution in [2.24, 2.45) is 5.92 Å². The Balaban J connectivity index is 0.00000264. The summed E-state index contributed by atoms with van der Waals surface area (Å²) in [6.45, 7) is 5.54. The lowest BCUT2D eigenvalue weighted by Gasteiger charge is -2.22. The van der Waals surface area contributed by atoms with Gasteiger partial charge in [0.15, 0.2) is 6.61 Å². The molecule has 6 heteroatoms. The Morgan fingerprint density at radius 1 is 1.26 bits per heavy atom. The number of hydrogen-bond donors (Lipinski definition) is 2. The molecule has 2 rings (SSSR count). The van der Waals surface area contributed by atoms with Crippen molar-refractivity contribution in [1.82, 2.24) is 10.6 Å².